The third kappa shape index (κ3) is 2.79. The first kappa shape index (κ1) is 18.1. The Morgan fingerprint density at radius 3 is 2.59 bits per heavy atom. The first-order valence-corrected chi connectivity index (χ1v) is 9.86. The van der Waals surface area contributed by atoms with Gasteiger partial charge in [-0.05, 0) is 38.7 Å². The number of carbonyl (C=O) groups is 2. The molecule has 0 spiro atoms. The number of ketones is 1. The second-order valence-corrected chi connectivity index (χ2v) is 8.06. The second kappa shape index (κ2) is 6.54. The zero-order valence-electron chi connectivity index (χ0n) is 16.2. The highest BCUT2D eigenvalue weighted by molar-refractivity contribution is 6.17. The summed E-state index contributed by atoms with van der Waals surface area (Å²) in [6, 6.07) is 8.63. The number of ether oxygens (including phenoxy) is 1. The molecule has 1 saturated carbocycles. The molecule has 1 aromatic heterocycles. The molecule has 1 aliphatic carbocycles. The van der Waals surface area contributed by atoms with Crippen molar-refractivity contribution in [3.05, 3.63) is 58.6 Å². The van der Waals surface area contributed by atoms with Gasteiger partial charge in [0.05, 0.1) is 17.5 Å². The number of benzene rings is 1. The van der Waals surface area contributed by atoms with E-state index in [9.17, 15) is 14.0 Å². The number of amides is 1. The fourth-order valence-electron chi connectivity index (χ4n) is 4.58. The Bertz CT molecular complexity index is 1030. The SMILES string of the molecule is Cc1ccc(C2C3=C(OC4CCC(F)CC4C3=O)C(=O)N2c2cc(C)on2)cc1. The molecule has 3 aliphatic rings. The summed E-state index contributed by atoms with van der Waals surface area (Å²) in [6.45, 7) is 3.71. The quantitative estimate of drug-likeness (QED) is 0.773. The van der Waals surface area contributed by atoms with E-state index in [1.165, 1.54) is 4.90 Å². The first-order chi connectivity index (χ1) is 13.9. The van der Waals surface area contributed by atoms with Crippen molar-refractivity contribution in [2.75, 3.05) is 4.90 Å². The molecule has 1 aromatic carbocycles. The Kier molecular flexibility index (Phi) is 4.08. The van der Waals surface area contributed by atoms with E-state index in [4.69, 9.17) is 9.26 Å². The van der Waals surface area contributed by atoms with Crippen molar-refractivity contribution in [1.82, 2.24) is 5.16 Å². The van der Waals surface area contributed by atoms with Crippen molar-refractivity contribution in [1.29, 1.82) is 0 Å². The highest BCUT2D eigenvalue weighted by atomic mass is 19.1. The third-order valence-electron chi connectivity index (χ3n) is 6.04. The third-order valence-corrected chi connectivity index (χ3v) is 6.04. The molecule has 3 heterocycles. The van der Waals surface area contributed by atoms with Crippen LogP contribution in [0.5, 0.6) is 0 Å². The van der Waals surface area contributed by atoms with Gasteiger partial charge in [0.1, 0.15) is 18.0 Å². The van der Waals surface area contributed by atoms with Crippen molar-refractivity contribution in [3.8, 4) is 0 Å². The predicted octanol–water partition coefficient (Wildman–Crippen LogP) is 3.74. The van der Waals surface area contributed by atoms with Gasteiger partial charge in [-0.2, -0.15) is 0 Å². The van der Waals surface area contributed by atoms with Gasteiger partial charge < -0.3 is 9.26 Å². The largest absolute Gasteiger partial charge is 0.483 e. The van der Waals surface area contributed by atoms with Gasteiger partial charge in [0.15, 0.2) is 17.4 Å². The number of aryl methyl sites for hydroxylation is 2. The van der Waals surface area contributed by atoms with E-state index in [0.29, 0.717) is 30.0 Å². The molecule has 150 valence electrons. The molecule has 0 bridgehead atoms. The number of carbonyl (C=O) groups excluding carboxylic acids is 2. The maximum Gasteiger partial charge on any atom is 0.295 e. The van der Waals surface area contributed by atoms with Crippen LogP contribution in [0.25, 0.3) is 0 Å². The van der Waals surface area contributed by atoms with Crippen molar-refractivity contribution < 1.29 is 23.2 Å². The van der Waals surface area contributed by atoms with E-state index in [-0.39, 0.29) is 18.0 Å². The summed E-state index contributed by atoms with van der Waals surface area (Å²) in [5, 5.41) is 4.00. The summed E-state index contributed by atoms with van der Waals surface area (Å²) in [5.41, 5.74) is 2.14. The maximum absolute atomic E-state index is 14.0. The average Bonchev–Trinajstić information content (AvgIpc) is 3.25. The number of nitrogens with zero attached hydrogens (tertiary/aromatic N) is 2. The fourth-order valence-corrected chi connectivity index (χ4v) is 4.58. The lowest BCUT2D eigenvalue weighted by Crippen LogP contribution is -2.42. The molecule has 1 amide bonds. The lowest BCUT2D eigenvalue weighted by atomic mass is 9.77. The van der Waals surface area contributed by atoms with E-state index in [2.05, 4.69) is 5.16 Å². The van der Waals surface area contributed by atoms with Crippen LogP contribution in [-0.2, 0) is 14.3 Å². The summed E-state index contributed by atoms with van der Waals surface area (Å²) in [4.78, 5) is 28.2. The number of aromatic nitrogens is 1. The summed E-state index contributed by atoms with van der Waals surface area (Å²) in [5.74, 6) is -0.206. The Hall–Kier alpha value is -2.96. The van der Waals surface area contributed by atoms with Gasteiger partial charge in [-0.3, -0.25) is 14.5 Å². The van der Waals surface area contributed by atoms with Crippen LogP contribution in [0.1, 0.15) is 42.2 Å². The molecule has 0 saturated heterocycles. The van der Waals surface area contributed by atoms with Crippen LogP contribution in [0.4, 0.5) is 10.2 Å². The van der Waals surface area contributed by atoms with Gasteiger partial charge >= 0.3 is 0 Å². The normalized spacial score (nSPS) is 29.0. The minimum atomic E-state index is -1.02. The van der Waals surface area contributed by atoms with Crippen LogP contribution in [0.3, 0.4) is 0 Å². The van der Waals surface area contributed by atoms with Crippen LogP contribution >= 0.6 is 0 Å². The molecule has 4 atom stereocenters. The van der Waals surface area contributed by atoms with Crippen molar-refractivity contribution in [2.24, 2.45) is 5.92 Å². The topological polar surface area (TPSA) is 72.6 Å². The average molecular weight is 396 g/mol. The minimum Gasteiger partial charge on any atom is -0.483 e. The molecule has 0 radical (unpaired) electrons. The Labute approximate surface area is 167 Å². The van der Waals surface area contributed by atoms with E-state index >= 15 is 0 Å². The number of halogens is 1. The van der Waals surface area contributed by atoms with E-state index < -0.39 is 30.1 Å². The molecule has 6 nitrogen and oxygen atoms in total. The Morgan fingerprint density at radius 2 is 1.90 bits per heavy atom. The van der Waals surface area contributed by atoms with Crippen LogP contribution in [-0.4, -0.2) is 29.1 Å². The number of hydrogen-bond donors (Lipinski definition) is 0. The molecule has 1 fully saturated rings. The van der Waals surface area contributed by atoms with Crippen LogP contribution < -0.4 is 4.90 Å². The molecular formula is C22H21FN2O4. The Morgan fingerprint density at radius 1 is 1.14 bits per heavy atom. The summed E-state index contributed by atoms with van der Waals surface area (Å²) < 4.78 is 25.2. The summed E-state index contributed by atoms with van der Waals surface area (Å²) in [6.07, 6.45) is -0.554. The van der Waals surface area contributed by atoms with Crippen molar-refractivity contribution >= 4 is 17.5 Å². The molecule has 29 heavy (non-hydrogen) atoms. The molecular weight excluding hydrogens is 375 g/mol. The second-order valence-electron chi connectivity index (χ2n) is 8.06. The molecule has 7 heteroatoms. The summed E-state index contributed by atoms with van der Waals surface area (Å²) >= 11 is 0. The number of alkyl halides is 1. The van der Waals surface area contributed by atoms with Gasteiger partial charge in [-0.1, -0.05) is 35.0 Å². The molecule has 2 aliphatic heterocycles. The van der Waals surface area contributed by atoms with Gasteiger partial charge in [-0.25, -0.2) is 4.39 Å². The number of Topliss-reactive ketones (excluding diaryl/α,β-unsaturated/α-hetero) is 1. The molecule has 2 aromatic rings. The summed E-state index contributed by atoms with van der Waals surface area (Å²) in [7, 11) is 0. The van der Waals surface area contributed by atoms with Crippen LogP contribution in [0.2, 0.25) is 0 Å². The first-order valence-electron chi connectivity index (χ1n) is 9.86. The highest BCUT2D eigenvalue weighted by Gasteiger charge is 2.53. The highest BCUT2D eigenvalue weighted by Crippen LogP contribution is 2.48. The van der Waals surface area contributed by atoms with Gasteiger partial charge in [0.25, 0.3) is 5.91 Å². The maximum atomic E-state index is 14.0. The standard InChI is InChI=1S/C22H21FN2O4/c1-11-3-5-13(6-4-11)19-18-20(26)15-10-14(23)7-8-16(15)28-21(18)22(27)25(19)17-9-12(2)29-24-17/h3-6,9,14-16,19H,7-8,10H2,1-2H3. The molecule has 4 unspecified atom stereocenters. The monoisotopic (exact) mass is 396 g/mol. The van der Waals surface area contributed by atoms with Crippen LogP contribution in [0.15, 0.2) is 46.2 Å². The molecule has 0 N–H and O–H groups in total. The van der Waals surface area contributed by atoms with E-state index in [1.54, 1.807) is 13.0 Å². The predicted molar refractivity (Wildman–Crippen MR) is 102 cm³/mol. The van der Waals surface area contributed by atoms with Gasteiger partial charge in [0, 0.05) is 6.07 Å². The van der Waals surface area contributed by atoms with E-state index in [0.717, 1.165) is 11.1 Å². The van der Waals surface area contributed by atoms with Gasteiger partial charge in [-0.15, -0.1) is 0 Å². The van der Waals surface area contributed by atoms with Crippen molar-refractivity contribution in [3.63, 3.8) is 0 Å². The number of rotatable bonds is 2. The zero-order valence-corrected chi connectivity index (χ0v) is 16.2. The van der Waals surface area contributed by atoms with E-state index in [1.807, 2.05) is 31.2 Å². The number of fused-ring (bicyclic) bond motifs is 1. The van der Waals surface area contributed by atoms with Crippen molar-refractivity contribution in [2.45, 2.75) is 51.4 Å². The lowest BCUT2D eigenvalue weighted by molar-refractivity contribution is -0.133. The smallest absolute Gasteiger partial charge is 0.295 e. The minimum absolute atomic E-state index is 0.0692. The number of anilines is 1. The van der Waals surface area contributed by atoms with Gasteiger partial charge in [0.2, 0.25) is 0 Å². The fraction of sp³-hybridized carbons (Fsp3) is 0.409. The molecule has 5 rings (SSSR count). The zero-order chi connectivity index (χ0) is 20.3. The van der Waals surface area contributed by atoms with Crippen LogP contribution in [0, 0.1) is 19.8 Å². The lowest BCUT2D eigenvalue weighted by Gasteiger charge is -2.36. The Balaban J connectivity index is 1.64. The number of hydrogen-bond acceptors (Lipinski definition) is 5.